The number of nitrogens with zero attached hydrogens (tertiary/aromatic N) is 1. The van der Waals surface area contributed by atoms with Gasteiger partial charge in [0.1, 0.15) is 6.61 Å². The Labute approximate surface area is 117 Å². The van der Waals surface area contributed by atoms with Gasteiger partial charge in [-0.05, 0) is 26.8 Å². The van der Waals surface area contributed by atoms with Crippen LogP contribution >= 0.6 is 11.3 Å². The number of rotatable bonds is 9. The third-order valence-corrected chi connectivity index (χ3v) is 4.07. The summed E-state index contributed by atoms with van der Waals surface area (Å²) in [5.41, 5.74) is 1.02. The van der Waals surface area contributed by atoms with Crippen molar-refractivity contribution in [2.24, 2.45) is 0 Å². The van der Waals surface area contributed by atoms with Crippen LogP contribution < -0.4 is 5.32 Å². The van der Waals surface area contributed by atoms with Crippen molar-refractivity contribution in [3.8, 4) is 0 Å². The van der Waals surface area contributed by atoms with Gasteiger partial charge < -0.3 is 10.1 Å². The average molecular weight is 292 g/mol. The van der Waals surface area contributed by atoms with Crippen LogP contribution in [0.2, 0.25) is 0 Å². The van der Waals surface area contributed by atoms with Crippen LogP contribution in [0.15, 0.2) is 0 Å². The third-order valence-electron chi connectivity index (χ3n) is 2.67. The second-order valence-corrected chi connectivity index (χ2v) is 5.56. The van der Waals surface area contributed by atoms with Crippen LogP contribution in [0.3, 0.4) is 0 Å². The number of halogens is 2. The lowest BCUT2D eigenvalue weighted by Crippen LogP contribution is -2.18. The molecule has 6 heteroatoms. The van der Waals surface area contributed by atoms with Gasteiger partial charge in [-0.25, -0.2) is 13.8 Å². The molecule has 110 valence electrons. The number of alkyl halides is 2. The van der Waals surface area contributed by atoms with Crippen LogP contribution in [-0.2, 0) is 11.2 Å². The molecule has 19 heavy (non-hydrogen) atoms. The van der Waals surface area contributed by atoms with Gasteiger partial charge in [0.05, 0.1) is 17.3 Å². The van der Waals surface area contributed by atoms with Crippen molar-refractivity contribution in [1.82, 2.24) is 10.3 Å². The maximum Gasteiger partial charge on any atom is 0.261 e. The highest BCUT2D eigenvalue weighted by molar-refractivity contribution is 7.11. The summed E-state index contributed by atoms with van der Waals surface area (Å²) in [5, 5.41) is 4.38. The molecule has 0 aliphatic rings. The van der Waals surface area contributed by atoms with Crippen LogP contribution in [0.1, 0.15) is 41.9 Å². The molecule has 1 atom stereocenters. The van der Waals surface area contributed by atoms with Crippen molar-refractivity contribution in [2.45, 2.75) is 46.1 Å². The first kappa shape index (κ1) is 16.5. The van der Waals surface area contributed by atoms with Crippen molar-refractivity contribution in [2.75, 3.05) is 19.8 Å². The summed E-state index contributed by atoms with van der Waals surface area (Å²) in [6.45, 7) is 7.02. The molecular formula is C13H22F2N2OS. The van der Waals surface area contributed by atoms with Crippen LogP contribution in [0, 0.1) is 6.92 Å². The lowest BCUT2D eigenvalue weighted by Gasteiger charge is -2.11. The number of aromatic nitrogens is 1. The van der Waals surface area contributed by atoms with Crippen LogP contribution in [0.4, 0.5) is 8.78 Å². The molecule has 0 spiro atoms. The predicted molar refractivity (Wildman–Crippen MR) is 74.1 cm³/mol. The number of ether oxygens (including phenoxy) is 1. The minimum absolute atomic E-state index is 0.285. The van der Waals surface area contributed by atoms with Crippen LogP contribution in [0.5, 0.6) is 0 Å². The van der Waals surface area contributed by atoms with Gasteiger partial charge in [0.15, 0.2) is 0 Å². The Hall–Kier alpha value is -0.590. The monoisotopic (exact) mass is 292 g/mol. The second kappa shape index (κ2) is 8.55. The third kappa shape index (κ3) is 5.93. The van der Waals surface area contributed by atoms with E-state index in [1.54, 1.807) is 11.3 Å². The fourth-order valence-corrected chi connectivity index (χ4v) is 2.84. The molecule has 0 aliphatic heterocycles. The minimum atomic E-state index is -2.40. The maximum absolute atomic E-state index is 11.9. The molecule has 1 aromatic heterocycles. The number of hydrogen-bond donors (Lipinski definition) is 1. The molecule has 0 saturated heterocycles. The smallest absolute Gasteiger partial charge is 0.261 e. The van der Waals surface area contributed by atoms with E-state index in [-0.39, 0.29) is 6.04 Å². The minimum Gasteiger partial charge on any atom is -0.375 e. The summed E-state index contributed by atoms with van der Waals surface area (Å²) in [7, 11) is 0. The van der Waals surface area contributed by atoms with Gasteiger partial charge >= 0.3 is 0 Å². The highest BCUT2D eigenvalue weighted by atomic mass is 32.1. The molecule has 1 unspecified atom stereocenters. The van der Waals surface area contributed by atoms with Gasteiger partial charge in [0.25, 0.3) is 6.43 Å². The van der Waals surface area contributed by atoms with E-state index in [0.717, 1.165) is 23.7 Å². The van der Waals surface area contributed by atoms with E-state index in [0.29, 0.717) is 13.0 Å². The molecule has 0 fully saturated rings. The van der Waals surface area contributed by atoms with Crippen LogP contribution in [0.25, 0.3) is 0 Å². The Morgan fingerprint density at radius 3 is 2.79 bits per heavy atom. The zero-order valence-corrected chi connectivity index (χ0v) is 12.5. The van der Waals surface area contributed by atoms with E-state index < -0.39 is 13.0 Å². The van der Waals surface area contributed by atoms with Crippen molar-refractivity contribution >= 4 is 11.3 Å². The van der Waals surface area contributed by atoms with Gasteiger partial charge in [-0.3, -0.25) is 0 Å². The topological polar surface area (TPSA) is 34.1 Å². The highest BCUT2D eigenvalue weighted by Crippen LogP contribution is 2.25. The SMILES string of the molecule is CCCNC(C)c1sc(CCOCC(F)F)nc1C. The Bertz CT molecular complexity index is 372. The molecular weight excluding hydrogens is 270 g/mol. The van der Waals surface area contributed by atoms with E-state index in [1.807, 2.05) is 6.92 Å². The van der Waals surface area contributed by atoms with Crippen molar-refractivity contribution < 1.29 is 13.5 Å². The Kier molecular flexibility index (Phi) is 7.41. The molecule has 1 heterocycles. The Morgan fingerprint density at radius 1 is 1.42 bits per heavy atom. The summed E-state index contributed by atoms with van der Waals surface area (Å²) in [6.07, 6.45) is -0.707. The van der Waals surface area contributed by atoms with E-state index >= 15 is 0 Å². The Morgan fingerprint density at radius 2 is 2.16 bits per heavy atom. The number of aryl methyl sites for hydroxylation is 1. The largest absolute Gasteiger partial charge is 0.375 e. The molecule has 0 bridgehead atoms. The Balaban J connectivity index is 2.44. The lowest BCUT2D eigenvalue weighted by molar-refractivity contribution is 0.0187. The summed E-state index contributed by atoms with van der Waals surface area (Å²) < 4.78 is 28.7. The van der Waals surface area contributed by atoms with Gasteiger partial charge in [0, 0.05) is 17.3 Å². The van der Waals surface area contributed by atoms with E-state index in [9.17, 15) is 8.78 Å². The summed E-state index contributed by atoms with van der Waals surface area (Å²) in [5.74, 6) is 0. The molecule has 0 saturated carbocycles. The zero-order chi connectivity index (χ0) is 14.3. The van der Waals surface area contributed by atoms with Crippen molar-refractivity contribution in [3.63, 3.8) is 0 Å². The predicted octanol–water partition coefficient (Wildman–Crippen LogP) is 3.34. The van der Waals surface area contributed by atoms with Gasteiger partial charge in [-0.1, -0.05) is 6.92 Å². The summed E-state index contributed by atoms with van der Waals surface area (Å²) >= 11 is 1.64. The lowest BCUT2D eigenvalue weighted by atomic mass is 10.2. The van der Waals surface area contributed by atoms with Crippen molar-refractivity contribution in [1.29, 1.82) is 0 Å². The number of nitrogens with one attached hydrogen (secondary N) is 1. The zero-order valence-electron chi connectivity index (χ0n) is 11.7. The first-order chi connectivity index (χ1) is 9.04. The maximum atomic E-state index is 11.9. The van der Waals surface area contributed by atoms with E-state index in [1.165, 1.54) is 4.88 Å². The summed E-state index contributed by atoms with van der Waals surface area (Å²) in [6, 6.07) is 0.285. The molecule has 0 amide bonds. The first-order valence-electron chi connectivity index (χ1n) is 6.60. The quantitative estimate of drug-likeness (QED) is 0.709. The average Bonchev–Trinajstić information content (AvgIpc) is 2.73. The highest BCUT2D eigenvalue weighted by Gasteiger charge is 2.13. The van der Waals surface area contributed by atoms with E-state index in [4.69, 9.17) is 4.74 Å². The van der Waals surface area contributed by atoms with Gasteiger partial charge in [-0.2, -0.15) is 0 Å². The molecule has 1 rings (SSSR count). The van der Waals surface area contributed by atoms with Crippen molar-refractivity contribution in [3.05, 3.63) is 15.6 Å². The summed E-state index contributed by atoms with van der Waals surface area (Å²) in [4.78, 5) is 5.69. The molecule has 0 aliphatic carbocycles. The van der Waals surface area contributed by atoms with E-state index in [2.05, 4.69) is 24.1 Å². The van der Waals surface area contributed by atoms with Gasteiger partial charge in [-0.15, -0.1) is 11.3 Å². The second-order valence-electron chi connectivity index (χ2n) is 4.45. The molecule has 1 aromatic rings. The van der Waals surface area contributed by atoms with Crippen LogP contribution in [-0.4, -0.2) is 31.2 Å². The molecule has 0 aromatic carbocycles. The molecule has 3 nitrogen and oxygen atoms in total. The fourth-order valence-electron chi connectivity index (χ4n) is 1.76. The normalized spacial score (nSPS) is 13.2. The fraction of sp³-hybridized carbons (Fsp3) is 0.769. The number of hydrogen-bond acceptors (Lipinski definition) is 4. The van der Waals surface area contributed by atoms with Gasteiger partial charge in [0.2, 0.25) is 0 Å². The molecule has 0 radical (unpaired) electrons. The standard InChI is InChI=1S/C13H22F2N2OS/c1-4-6-16-9(2)13-10(3)17-12(19-13)5-7-18-8-11(14)15/h9,11,16H,4-8H2,1-3H3. The molecule has 1 N–H and O–H groups in total. The number of thiazole rings is 1. The first-order valence-corrected chi connectivity index (χ1v) is 7.41.